The summed E-state index contributed by atoms with van der Waals surface area (Å²) >= 11 is 1.76. The van der Waals surface area contributed by atoms with Gasteiger partial charge >= 0.3 is 6.03 Å². The number of hydrogen-bond acceptors (Lipinski definition) is 4. The molecule has 0 saturated carbocycles. The second-order valence-corrected chi connectivity index (χ2v) is 12.1. The third kappa shape index (κ3) is 5.40. The van der Waals surface area contributed by atoms with Gasteiger partial charge in [-0.2, -0.15) is 0 Å². The van der Waals surface area contributed by atoms with Crippen LogP contribution in [-0.4, -0.2) is 65.7 Å². The zero-order valence-electron chi connectivity index (χ0n) is 23.7. The lowest BCUT2D eigenvalue weighted by atomic mass is 9.74. The Bertz CT molecular complexity index is 1530. The number of aromatic amines is 1. The summed E-state index contributed by atoms with van der Waals surface area (Å²) in [6, 6.07) is 25.8. The molecule has 1 saturated heterocycles. The van der Waals surface area contributed by atoms with Crippen molar-refractivity contribution in [3.05, 3.63) is 102 Å². The van der Waals surface area contributed by atoms with Crippen molar-refractivity contribution in [2.24, 2.45) is 0 Å². The zero-order chi connectivity index (χ0) is 28.4. The molecule has 4 aromatic rings. The van der Waals surface area contributed by atoms with Crippen LogP contribution >= 0.6 is 11.9 Å². The van der Waals surface area contributed by atoms with E-state index in [1.54, 1.807) is 16.8 Å². The first kappa shape index (κ1) is 27.3. The number of para-hydroxylation sites is 2. The summed E-state index contributed by atoms with van der Waals surface area (Å²) in [4.78, 5) is 34.4. The number of urea groups is 1. The number of carbonyl (C=O) groups is 2. The lowest BCUT2D eigenvalue weighted by Crippen LogP contribution is -2.55. The van der Waals surface area contributed by atoms with Gasteiger partial charge in [-0.05, 0) is 41.7 Å². The molecular weight excluding hydrogens is 530 g/mol. The highest BCUT2D eigenvalue weighted by Gasteiger charge is 2.45. The van der Waals surface area contributed by atoms with Crippen molar-refractivity contribution >= 4 is 40.5 Å². The van der Waals surface area contributed by atoms with Crippen LogP contribution in [0, 0.1) is 0 Å². The average Bonchev–Trinajstić information content (AvgIpc) is 3.56. The zero-order valence-corrected chi connectivity index (χ0v) is 24.5. The van der Waals surface area contributed by atoms with E-state index in [4.69, 9.17) is 0 Å². The Kier molecular flexibility index (Phi) is 7.67. The highest BCUT2D eigenvalue weighted by Crippen LogP contribution is 2.48. The molecule has 41 heavy (non-hydrogen) atoms. The standard InChI is InChI=1S/C33H37N5O2S/c1-36(22-24-10-4-3-5-11-24)31(39)29(20-25-21-34-28-14-8-6-12-26(25)28)35-32(40)37-18-16-33(17-19-37)23-38(41-2)30-15-9-7-13-27(30)33/h3-15,21,29,34H,16-20,22-23H2,1-2H3,(H,35,40)/t29-/m0/s1. The molecule has 7 nitrogen and oxygen atoms in total. The smallest absolute Gasteiger partial charge is 0.318 e. The number of amides is 3. The predicted molar refractivity (Wildman–Crippen MR) is 167 cm³/mol. The van der Waals surface area contributed by atoms with Gasteiger partial charge in [-0.15, -0.1) is 0 Å². The van der Waals surface area contributed by atoms with E-state index in [2.05, 4.69) is 51.2 Å². The number of aromatic nitrogens is 1. The van der Waals surface area contributed by atoms with Gasteiger partial charge in [-0.25, -0.2) is 4.79 Å². The fourth-order valence-corrected chi connectivity index (χ4v) is 7.21. The van der Waals surface area contributed by atoms with Crippen molar-refractivity contribution in [2.75, 3.05) is 37.2 Å². The Balaban J connectivity index is 1.18. The topological polar surface area (TPSA) is 71.7 Å². The number of piperidine rings is 1. The quantitative estimate of drug-likeness (QED) is 0.286. The summed E-state index contributed by atoms with van der Waals surface area (Å²) in [5.41, 5.74) is 5.84. The summed E-state index contributed by atoms with van der Waals surface area (Å²) in [7, 11) is 1.81. The largest absolute Gasteiger partial charge is 0.361 e. The van der Waals surface area contributed by atoms with Crippen LogP contribution in [0.3, 0.4) is 0 Å². The summed E-state index contributed by atoms with van der Waals surface area (Å²) < 4.78 is 2.38. The summed E-state index contributed by atoms with van der Waals surface area (Å²) in [5, 5.41) is 4.21. The van der Waals surface area contributed by atoms with Crippen molar-refractivity contribution in [1.82, 2.24) is 20.1 Å². The van der Waals surface area contributed by atoms with Crippen molar-refractivity contribution < 1.29 is 9.59 Å². The number of H-pyrrole nitrogens is 1. The van der Waals surface area contributed by atoms with Gasteiger partial charge in [0.15, 0.2) is 0 Å². The second-order valence-electron chi connectivity index (χ2n) is 11.2. The van der Waals surface area contributed by atoms with E-state index in [-0.39, 0.29) is 17.4 Å². The Morgan fingerprint density at radius 3 is 2.49 bits per heavy atom. The summed E-state index contributed by atoms with van der Waals surface area (Å²) in [6.45, 7) is 2.78. The number of nitrogens with zero attached hydrogens (tertiary/aromatic N) is 3. The van der Waals surface area contributed by atoms with Crippen molar-refractivity contribution in [2.45, 2.75) is 37.3 Å². The van der Waals surface area contributed by atoms with Gasteiger partial charge in [0, 0.05) is 68.4 Å². The van der Waals surface area contributed by atoms with Crippen LogP contribution in [0.4, 0.5) is 10.5 Å². The van der Waals surface area contributed by atoms with Crippen LogP contribution in [0.15, 0.2) is 85.1 Å². The first-order valence-corrected chi connectivity index (χ1v) is 15.5. The van der Waals surface area contributed by atoms with E-state index >= 15 is 0 Å². The average molecular weight is 568 g/mol. The number of nitrogens with one attached hydrogen (secondary N) is 2. The molecule has 2 aliphatic heterocycles. The van der Waals surface area contributed by atoms with Crippen molar-refractivity contribution in [3.8, 4) is 0 Å². The molecule has 8 heteroatoms. The first-order chi connectivity index (χ1) is 20.0. The molecule has 0 radical (unpaired) electrons. The van der Waals surface area contributed by atoms with Gasteiger partial charge in [-0.1, -0.05) is 78.7 Å². The monoisotopic (exact) mass is 567 g/mol. The summed E-state index contributed by atoms with van der Waals surface area (Å²) in [6.07, 6.45) is 6.31. The number of carbonyl (C=O) groups excluding carboxylic acids is 2. The minimum atomic E-state index is -0.675. The molecule has 212 valence electrons. The lowest BCUT2D eigenvalue weighted by molar-refractivity contribution is -0.132. The van der Waals surface area contributed by atoms with Crippen LogP contribution in [0.1, 0.15) is 29.5 Å². The van der Waals surface area contributed by atoms with E-state index in [1.165, 1.54) is 11.3 Å². The van der Waals surface area contributed by atoms with Gasteiger partial charge in [-0.3, -0.25) is 4.79 Å². The third-order valence-electron chi connectivity index (χ3n) is 8.75. The highest BCUT2D eigenvalue weighted by atomic mass is 32.2. The molecule has 1 aromatic heterocycles. The molecule has 3 aromatic carbocycles. The van der Waals surface area contributed by atoms with Gasteiger partial charge in [0.25, 0.3) is 0 Å². The number of hydrogen-bond donors (Lipinski definition) is 2. The molecule has 1 spiro atoms. The number of likely N-dealkylation sites (tertiary alicyclic amines) is 1. The number of likely N-dealkylation sites (N-methyl/N-ethyl adjacent to an activating group) is 1. The Hall–Kier alpha value is -3.91. The van der Waals surface area contributed by atoms with Gasteiger partial charge < -0.3 is 24.4 Å². The van der Waals surface area contributed by atoms with Gasteiger partial charge in [0.1, 0.15) is 6.04 Å². The molecule has 0 unspecified atom stereocenters. The van der Waals surface area contributed by atoms with E-state index in [0.717, 1.165) is 41.4 Å². The van der Waals surface area contributed by atoms with E-state index in [9.17, 15) is 9.59 Å². The minimum Gasteiger partial charge on any atom is -0.361 e. The molecule has 2 aliphatic rings. The van der Waals surface area contributed by atoms with Crippen molar-refractivity contribution in [1.29, 1.82) is 0 Å². The second kappa shape index (κ2) is 11.5. The van der Waals surface area contributed by atoms with Crippen LogP contribution < -0.4 is 9.62 Å². The highest BCUT2D eigenvalue weighted by molar-refractivity contribution is 8.00. The Morgan fingerprint density at radius 2 is 1.71 bits per heavy atom. The maximum absolute atomic E-state index is 13.8. The predicted octanol–water partition coefficient (Wildman–Crippen LogP) is 5.58. The molecule has 2 N–H and O–H groups in total. The van der Waals surface area contributed by atoms with Gasteiger partial charge in [0.2, 0.25) is 5.91 Å². The van der Waals surface area contributed by atoms with Gasteiger partial charge in [0.05, 0.1) is 5.69 Å². The molecular formula is C33H37N5O2S. The molecule has 3 amide bonds. The van der Waals surface area contributed by atoms with E-state index in [0.29, 0.717) is 26.1 Å². The Morgan fingerprint density at radius 1 is 1.00 bits per heavy atom. The SMILES string of the molecule is CSN1CC2(CCN(C(=O)N[C@@H](Cc3c[nH]c4ccccc34)C(=O)N(C)Cc3ccccc3)CC2)c2ccccc21. The number of fused-ring (bicyclic) bond motifs is 3. The fourth-order valence-electron chi connectivity index (χ4n) is 6.48. The first-order valence-electron chi connectivity index (χ1n) is 14.3. The molecule has 0 bridgehead atoms. The number of rotatable bonds is 7. The molecule has 1 atom stereocenters. The molecule has 0 aliphatic carbocycles. The van der Waals surface area contributed by atoms with Crippen LogP contribution in [0.25, 0.3) is 10.9 Å². The van der Waals surface area contributed by atoms with Crippen LogP contribution in [-0.2, 0) is 23.2 Å². The molecule has 1 fully saturated rings. The maximum Gasteiger partial charge on any atom is 0.318 e. The van der Waals surface area contributed by atoms with Crippen molar-refractivity contribution in [3.63, 3.8) is 0 Å². The molecule has 6 rings (SSSR count). The maximum atomic E-state index is 13.8. The fraction of sp³-hybridized carbons (Fsp3) is 0.333. The normalized spacial score (nSPS) is 16.5. The summed E-state index contributed by atoms with van der Waals surface area (Å²) in [5.74, 6) is -0.0960. The van der Waals surface area contributed by atoms with E-state index in [1.807, 2.05) is 66.7 Å². The Labute approximate surface area is 246 Å². The third-order valence-corrected chi connectivity index (χ3v) is 9.52. The lowest BCUT2D eigenvalue weighted by Gasteiger charge is -2.40. The van der Waals surface area contributed by atoms with E-state index < -0.39 is 6.04 Å². The number of benzene rings is 3. The minimum absolute atomic E-state index is 0.0611. The number of anilines is 1. The van der Waals surface area contributed by atoms with Crippen LogP contribution in [0.2, 0.25) is 0 Å². The molecule has 3 heterocycles. The van der Waals surface area contributed by atoms with Crippen LogP contribution in [0.5, 0.6) is 0 Å².